The van der Waals surface area contributed by atoms with Crippen LogP contribution in [-0.4, -0.2) is 33.3 Å². The Morgan fingerprint density at radius 2 is 1.17 bits per heavy atom. The van der Waals surface area contributed by atoms with Crippen LogP contribution in [0.25, 0.3) is 0 Å². The summed E-state index contributed by atoms with van der Waals surface area (Å²) in [5, 5.41) is 0. The molecule has 0 saturated heterocycles. The van der Waals surface area contributed by atoms with E-state index in [2.05, 4.69) is 19.1 Å². The number of hydrogen-bond acceptors (Lipinski definition) is 7. The van der Waals surface area contributed by atoms with Crippen LogP contribution in [0.3, 0.4) is 0 Å². The molecule has 232 valence electrons. The third kappa shape index (κ3) is 13.4. The van der Waals surface area contributed by atoms with Gasteiger partial charge >= 0.3 is 8.80 Å². The van der Waals surface area contributed by atoms with Crippen molar-refractivity contribution >= 4 is 26.7 Å². The Hall–Kier alpha value is -2.35. The van der Waals surface area contributed by atoms with Gasteiger partial charge in [-0.2, -0.15) is 0 Å². The van der Waals surface area contributed by atoms with Gasteiger partial charge < -0.3 is 18.0 Å². The average Bonchev–Trinajstić information content (AvgIpc) is 2.97. The van der Waals surface area contributed by atoms with Crippen LogP contribution in [0, 0.1) is 5.92 Å². The van der Waals surface area contributed by atoms with Crippen LogP contribution in [-0.2, 0) is 27.7 Å². The highest BCUT2D eigenvalue weighted by molar-refractivity contribution is 6.65. The lowest BCUT2D eigenvalue weighted by atomic mass is 9.77. The van der Waals surface area contributed by atoms with Crippen molar-refractivity contribution in [1.82, 2.24) is 0 Å². The van der Waals surface area contributed by atoms with E-state index in [9.17, 15) is 14.4 Å². The molecule has 0 radical (unpaired) electrons. The summed E-state index contributed by atoms with van der Waals surface area (Å²) in [6.07, 6.45) is 13.1. The first-order chi connectivity index (χ1) is 19.8. The Morgan fingerprint density at radius 1 is 0.683 bits per heavy atom. The van der Waals surface area contributed by atoms with Gasteiger partial charge in [0.1, 0.15) is 5.75 Å². The first-order valence-corrected chi connectivity index (χ1v) is 18.2. The molecule has 1 aromatic rings. The molecular weight excluding hydrogens is 536 g/mol. The Kier molecular flexibility index (Phi) is 16.8. The molecule has 0 spiro atoms. The molecule has 0 bridgehead atoms. The largest absolute Gasteiger partial charge is 0.705 e. The minimum Gasteiger partial charge on any atom is -0.494 e. The number of rotatable bonds is 20. The highest BCUT2D eigenvalue weighted by atomic mass is 28.4. The van der Waals surface area contributed by atoms with Gasteiger partial charge in [-0.05, 0) is 80.9 Å². The van der Waals surface area contributed by atoms with Crippen molar-refractivity contribution in [2.24, 2.45) is 5.92 Å². The number of benzene rings is 1. The van der Waals surface area contributed by atoms with Crippen LogP contribution >= 0.6 is 0 Å². The molecule has 0 atom stereocenters. The van der Waals surface area contributed by atoms with Gasteiger partial charge in [0.05, 0.1) is 12.7 Å². The monoisotopic (exact) mass is 590 g/mol. The third-order valence-corrected chi connectivity index (χ3v) is 10.4. The maximum Gasteiger partial charge on any atom is 0.705 e. The summed E-state index contributed by atoms with van der Waals surface area (Å²) in [4.78, 5) is 38.0. The van der Waals surface area contributed by atoms with Crippen molar-refractivity contribution in [3.05, 3.63) is 29.8 Å². The maximum absolute atomic E-state index is 12.7. The summed E-state index contributed by atoms with van der Waals surface area (Å²) >= 11 is 0. The predicted octanol–water partition coefficient (Wildman–Crippen LogP) is 8.67. The Bertz CT molecular complexity index is 838. The van der Waals surface area contributed by atoms with Crippen molar-refractivity contribution in [2.75, 3.05) is 6.61 Å². The van der Waals surface area contributed by atoms with Crippen LogP contribution in [0.5, 0.6) is 5.75 Å². The molecule has 0 unspecified atom stereocenters. The summed E-state index contributed by atoms with van der Waals surface area (Å²) in [6.45, 7) is 8.54. The normalized spacial score (nSPS) is 17.1. The van der Waals surface area contributed by atoms with E-state index in [4.69, 9.17) is 18.0 Å². The van der Waals surface area contributed by atoms with Gasteiger partial charge in [-0.25, -0.2) is 0 Å². The summed E-state index contributed by atoms with van der Waals surface area (Å²) in [6, 6.07) is 8.50. The quantitative estimate of drug-likeness (QED) is 0.111. The minimum atomic E-state index is -3.94. The Labute approximate surface area is 249 Å². The van der Waals surface area contributed by atoms with Gasteiger partial charge in [0.2, 0.25) is 0 Å². The molecule has 7 nitrogen and oxygen atoms in total. The lowest BCUT2D eigenvalue weighted by Gasteiger charge is -2.28. The molecule has 41 heavy (non-hydrogen) atoms. The van der Waals surface area contributed by atoms with Crippen LogP contribution in [0.4, 0.5) is 0 Å². The van der Waals surface area contributed by atoms with Crippen molar-refractivity contribution in [2.45, 2.75) is 142 Å². The SMILES string of the molecule is CCCCC(=O)O[Si](CCCOc1ccc([C@H]2CC[C@H](CCC)CC2)cc1)(OC(=O)CCCC)OC(=O)CCCC. The van der Waals surface area contributed by atoms with E-state index in [0.717, 1.165) is 30.9 Å². The van der Waals surface area contributed by atoms with Crippen LogP contribution < -0.4 is 4.74 Å². The lowest BCUT2D eigenvalue weighted by Crippen LogP contribution is -2.50. The first-order valence-electron chi connectivity index (χ1n) is 16.2. The van der Waals surface area contributed by atoms with Crippen LogP contribution in [0.2, 0.25) is 6.04 Å². The first kappa shape index (κ1) is 34.8. The smallest absolute Gasteiger partial charge is 0.494 e. The Morgan fingerprint density at radius 3 is 1.61 bits per heavy atom. The second-order valence-electron chi connectivity index (χ2n) is 11.4. The van der Waals surface area contributed by atoms with E-state index >= 15 is 0 Å². The highest BCUT2D eigenvalue weighted by Gasteiger charge is 2.52. The lowest BCUT2D eigenvalue weighted by molar-refractivity contribution is -0.151. The van der Waals surface area contributed by atoms with Crippen molar-refractivity contribution in [1.29, 1.82) is 0 Å². The van der Waals surface area contributed by atoms with E-state index < -0.39 is 26.7 Å². The van der Waals surface area contributed by atoms with E-state index in [1.54, 1.807) is 0 Å². The molecule has 0 N–H and O–H groups in total. The molecule has 1 aliphatic rings. The fraction of sp³-hybridized carbons (Fsp3) is 0.727. The molecule has 1 fully saturated rings. The third-order valence-electron chi connectivity index (χ3n) is 7.80. The second kappa shape index (κ2) is 19.7. The van der Waals surface area contributed by atoms with Gasteiger partial charge in [0, 0.05) is 19.3 Å². The number of carbonyl (C=O) groups is 3. The number of carbonyl (C=O) groups excluding carboxylic acids is 3. The van der Waals surface area contributed by atoms with Crippen LogP contribution in [0.15, 0.2) is 24.3 Å². The van der Waals surface area contributed by atoms with Gasteiger partial charge in [-0.3, -0.25) is 14.4 Å². The topological polar surface area (TPSA) is 88.1 Å². The zero-order valence-electron chi connectivity index (χ0n) is 26.0. The molecule has 0 aromatic heterocycles. The molecule has 1 aliphatic carbocycles. The number of unbranched alkanes of at least 4 members (excludes halogenated alkanes) is 3. The molecular formula is C33H54O7Si. The van der Waals surface area contributed by atoms with E-state index in [1.807, 2.05) is 32.9 Å². The van der Waals surface area contributed by atoms with E-state index in [-0.39, 0.29) is 25.3 Å². The number of hydrogen-bond donors (Lipinski definition) is 0. The molecule has 8 heteroatoms. The molecule has 1 aromatic carbocycles. The molecule has 0 amide bonds. The average molecular weight is 591 g/mol. The van der Waals surface area contributed by atoms with E-state index in [1.165, 1.54) is 44.1 Å². The van der Waals surface area contributed by atoms with Crippen molar-refractivity contribution in [3.63, 3.8) is 0 Å². The zero-order chi connectivity index (χ0) is 29.9. The van der Waals surface area contributed by atoms with Gasteiger partial charge in [0.15, 0.2) is 0 Å². The molecule has 2 rings (SSSR count). The summed E-state index contributed by atoms with van der Waals surface area (Å²) < 4.78 is 23.3. The minimum absolute atomic E-state index is 0.139. The Balaban J connectivity index is 2.02. The predicted molar refractivity (Wildman–Crippen MR) is 164 cm³/mol. The fourth-order valence-electron chi connectivity index (χ4n) is 5.36. The zero-order valence-corrected chi connectivity index (χ0v) is 27.0. The maximum atomic E-state index is 12.7. The molecule has 0 aliphatic heterocycles. The fourth-order valence-corrected chi connectivity index (χ4v) is 7.72. The van der Waals surface area contributed by atoms with Gasteiger partial charge in [-0.1, -0.05) is 71.9 Å². The summed E-state index contributed by atoms with van der Waals surface area (Å²) in [5.41, 5.74) is 1.37. The number of ether oxygens (including phenoxy) is 1. The van der Waals surface area contributed by atoms with Gasteiger partial charge in [-0.15, -0.1) is 0 Å². The summed E-state index contributed by atoms with van der Waals surface area (Å²) in [7, 11) is -3.94. The van der Waals surface area contributed by atoms with Crippen molar-refractivity contribution < 1.29 is 32.4 Å². The van der Waals surface area contributed by atoms with Gasteiger partial charge in [0.25, 0.3) is 17.9 Å². The molecule has 0 heterocycles. The van der Waals surface area contributed by atoms with E-state index in [0.29, 0.717) is 38.2 Å². The highest BCUT2D eigenvalue weighted by Crippen LogP contribution is 2.38. The summed E-state index contributed by atoms with van der Waals surface area (Å²) in [5.74, 6) is 0.787. The van der Waals surface area contributed by atoms with Crippen molar-refractivity contribution in [3.8, 4) is 5.75 Å². The van der Waals surface area contributed by atoms with Crippen LogP contribution in [0.1, 0.15) is 142 Å². The second-order valence-corrected chi connectivity index (χ2v) is 13.9. The standard InChI is InChI=1S/C33H54O7Si/c1-5-9-14-31(34)38-41(39-32(35)15-10-6-2,40-33(36)16-11-7-3)26-12-25-37-30-23-21-29(22-24-30)28-19-17-27(13-8-4)18-20-28/h21-24,27-28H,5-20,25-26H2,1-4H3/t27-,28-. The molecule has 1 saturated carbocycles.